The van der Waals surface area contributed by atoms with Crippen LogP contribution >= 0.6 is 0 Å². The van der Waals surface area contributed by atoms with Crippen molar-refractivity contribution in [3.8, 4) is 0 Å². The fourth-order valence-electron chi connectivity index (χ4n) is 1.85. The van der Waals surface area contributed by atoms with Gasteiger partial charge in [0.2, 0.25) is 0 Å². The van der Waals surface area contributed by atoms with Crippen LogP contribution in [-0.4, -0.2) is 24.1 Å². The Kier molecular flexibility index (Phi) is 3.03. The van der Waals surface area contributed by atoms with Crippen LogP contribution in [0.15, 0.2) is 0 Å². The molecular formula is C10H14O4. The Bertz CT molecular complexity index is 282. The summed E-state index contributed by atoms with van der Waals surface area (Å²) in [6.45, 7) is 3.13. The zero-order valence-corrected chi connectivity index (χ0v) is 8.46. The van der Waals surface area contributed by atoms with Crippen LogP contribution < -0.4 is 0 Å². The number of carbonyl (C=O) groups excluding carboxylic acids is 3. The zero-order valence-electron chi connectivity index (χ0n) is 8.46. The topological polar surface area (TPSA) is 60.4 Å². The van der Waals surface area contributed by atoms with E-state index in [1.807, 2.05) is 0 Å². The molecule has 0 saturated heterocycles. The molecule has 0 heterocycles. The minimum atomic E-state index is -1.48. The molecule has 1 rings (SSSR count). The molecule has 1 unspecified atom stereocenters. The van der Waals surface area contributed by atoms with Crippen molar-refractivity contribution in [3.63, 3.8) is 0 Å². The van der Waals surface area contributed by atoms with Gasteiger partial charge in [0, 0.05) is 6.42 Å². The van der Waals surface area contributed by atoms with E-state index in [-0.39, 0.29) is 12.4 Å². The standard InChI is InChI=1S/C10H14O4/c1-3-14-9(13)10(7(2)11)6-4-5-8(10)12/h3-6H2,1-2H3. The molecule has 78 valence electrons. The third-order valence-electron chi connectivity index (χ3n) is 2.66. The van der Waals surface area contributed by atoms with E-state index in [4.69, 9.17) is 4.74 Å². The molecule has 0 spiro atoms. The Morgan fingerprint density at radius 1 is 1.50 bits per heavy atom. The van der Waals surface area contributed by atoms with Crippen molar-refractivity contribution in [2.75, 3.05) is 6.61 Å². The van der Waals surface area contributed by atoms with E-state index < -0.39 is 17.2 Å². The molecule has 0 radical (unpaired) electrons. The van der Waals surface area contributed by atoms with E-state index in [0.717, 1.165) is 0 Å². The van der Waals surface area contributed by atoms with Gasteiger partial charge in [-0.2, -0.15) is 0 Å². The molecule has 4 heteroatoms. The van der Waals surface area contributed by atoms with Crippen molar-refractivity contribution in [3.05, 3.63) is 0 Å². The molecule has 0 aromatic rings. The second-order valence-electron chi connectivity index (χ2n) is 3.46. The summed E-state index contributed by atoms with van der Waals surface area (Å²) in [6.07, 6.45) is 1.20. The Balaban J connectivity index is 2.99. The smallest absolute Gasteiger partial charge is 0.327 e. The van der Waals surface area contributed by atoms with Gasteiger partial charge in [0.05, 0.1) is 6.61 Å². The number of hydrogen-bond acceptors (Lipinski definition) is 4. The highest BCUT2D eigenvalue weighted by molar-refractivity contribution is 6.22. The maximum atomic E-state index is 11.6. The Morgan fingerprint density at radius 3 is 2.50 bits per heavy atom. The van der Waals surface area contributed by atoms with Gasteiger partial charge in [0.25, 0.3) is 0 Å². The number of esters is 1. The van der Waals surface area contributed by atoms with Crippen LogP contribution in [0.3, 0.4) is 0 Å². The first kappa shape index (κ1) is 10.9. The van der Waals surface area contributed by atoms with E-state index >= 15 is 0 Å². The largest absolute Gasteiger partial charge is 0.465 e. The summed E-state index contributed by atoms with van der Waals surface area (Å²) in [6, 6.07) is 0. The van der Waals surface area contributed by atoms with Crippen molar-refractivity contribution in [1.29, 1.82) is 0 Å². The fourth-order valence-corrected chi connectivity index (χ4v) is 1.85. The lowest BCUT2D eigenvalue weighted by Gasteiger charge is -2.21. The Morgan fingerprint density at radius 2 is 2.14 bits per heavy atom. The zero-order chi connectivity index (χ0) is 10.8. The monoisotopic (exact) mass is 198 g/mol. The fraction of sp³-hybridized carbons (Fsp3) is 0.700. The minimum Gasteiger partial charge on any atom is -0.465 e. The highest BCUT2D eigenvalue weighted by Gasteiger charge is 2.53. The molecule has 1 saturated carbocycles. The third kappa shape index (κ3) is 1.45. The Labute approximate surface area is 82.6 Å². The van der Waals surface area contributed by atoms with Gasteiger partial charge in [-0.3, -0.25) is 14.4 Å². The molecule has 0 amide bonds. The van der Waals surface area contributed by atoms with Crippen LogP contribution in [0.5, 0.6) is 0 Å². The first-order valence-corrected chi connectivity index (χ1v) is 4.77. The van der Waals surface area contributed by atoms with Crippen molar-refractivity contribution in [2.45, 2.75) is 33.1 Å². The molecule has 14 heavy (non-hydrogen) atoms. The van der Waals surface area contributed by atoms with E-state index in [0.29, 0.717) is 19.3 Å². The van der Waals surface area contributed by atoms with Crippen LogP contribution in [0.2, 0.25) is 0 Å². The number of ether oxygens (including phenoxy) is 1. The molecule has 1 aliphatic rings. The summed E-state index contributed by atoms with van der Waals surface area (Å²) in [5.41, 5.74) is -1.48. The average Bonchev–Trinajstić information content (AvgIpc) is 2.48. The van der Waals surface area contributed by atoms with E-state index in [9.17, 15) is 14.4 Å². The number of Topliss-reactive ketones (excluding diaryl/α,β-unsaturated/α-hetero) is 2. The molecule has 0 bridgehead atoms. The highest BCUT2D eigenvalue weighted by atomic mass is 16.5. The van der Waals surface area contributed by atoms with Crippen LogP contribution in [0, 0.1) is 5.41 Å². The normalized spacial score (nSPS) is 26.3. The minimum absolute atomic E-state index is 0.196. The lowest BCUT2D eigenvalue weighted by Crippen LogP contribution is -2.42. The van der Waals surface area contributed by atoms with Gasteiger partial charge in [-0.25, -0.2) is 0 Å². The van der Waals surface area contributed by atoms with Gasteiger partial charge in [0.15, 0.2) is 17.0 Å². The first-order valence-electron chi connectivity index (χ1n) is 4.77. The number of hydrogen-bond donors (Lipinski definition) is 0. The second-order valence-corrected chi connectivity index (χ2v) is 3.46. The summed E-state index contributed by atoms with van der Waals surface area (Å²) in [7, 11) is 0. The van der Waals surface area contributed by atoms with Crippen molar-refractivity contribution in [1.82, 2.24) is 0 Å². The molecule has 1 aliphatic carbocycles. The van der Waals surface area contributed by atoms with Gasteiger partial charge < -0.3 is 4.74 Å². The maximum Gasteiger partial charge on any atom is 0.327 e. The Hall–Kier alpha value is -1.19. The summed E-state index contributed by atoms with van der Waals surface area (Å²) in [5, 5.41) is 0. The van der Waals surface area contributed by atoms with Gasteiger partial charge in [0.1, 0.15) is 0 Å². The van der Waals surface area contributed by atoms with Gasteiger partial charge in [-0.05, 0) is 26.7 Å². The van der Waals surface area contributed by atoms with Crippen LogP contribution in [0.25, 0.3) is 0 Å². The molecule has 1 fully saturated rings. The number of ketones is 2. The summed E-state index contributed by atoms with van der Waals surface area (Å²) in [5.74, 6) is -1.35. The van der Waals surface area contributed by atoms with Crippen molar-refractivity contribution in [2.24, 2.45) is 5.41 Å². The van der Waals surface area contributed by atoms with Gasteiger partial charge in [-0.1, -0.05) is 0 Å². The average molecular weight is 198 g/mol. The molecule has 1 atom stereocenters. The van der Waals surface area contributed by atoms with E-state index in [2.05, 4.69) is 0 Å². The summed E-state index contributed by atoms with van der Waals surface area (Å²) >= 11 is 0. The lowest BCUT2D eigenvalue weighted by molar-refractivity contribution is -0.162. The quantitative estimate of drug-likeness (QED) is 0.499. The lowest BCUT2D eigenvalue weighted by atomic mass is 9.81. The molecule has 0 aliphatic heterocycles. The molecule has 4 nitrogen and oxygen atoms in total. The number of carbonyl (C=O) groups is 3. The van der Waals surface area contributed by atoms with Gasteiger partial charge >= 0.3 is 5.97 Å². The van der Waals surface area contributed by atoms with Gasteiger partial charge in [-0.15, -0.1) is 0 Å². The highest BCUT2D eigenvalue weighted by Crippen LogP contribution is 2.37. The van der Waals surface area contributed by atoms with E-state index in [1.165, 1.54) is 6.92 Å². The van der Waals surface area contributed by atoms with Crippen molar-refractivity contribution < 1.29 is 19.1 Å². The predicted molar refractivity (Wildman–Crippen MR) is 48.6 cm³/mol. The van der Waals surface area contributed by atoms with Crippen molar-refractivity contribution >= 4 is 17.5 Å². The van der Waals surface area contributed by atoms with Crippen LogP contribution in [0.4, 0.5) is 0 Å². The second kappa shape index (κ2) is 3.90. The molecular weight excluding hydrogens is 184 g/mol. The molecule has 0 aromatic carbocycles. The first-order chi connectivity index (χ1) is 6.55. The van der Waals surface area contributed by atoms with Crippen LogP contribution in [-0.2, 0) is 19.1 Å². The molecule has 0 aromatic heterocycles. The summed E-state index contributed by atoms with van der Waals surface area (Å²) in [4.78, 5) is 34.5. The molecule has 0 N–H and O–H groups in total. The van der Waals surface area contributed by atoms with Crippen LogP contribution in [0.1, 0.15) is 33.1 Å². The number of rotatable bonds is 3. The summed E-state index contributed by atoms with van der Waals surface area (Å²) < 4.78 is 4.78. The maximum absolute atomic E-state index is 11.6. The van der Waals surface area contributed by atoms with E-state index in [1.54, 1.807) is 6.92 Å². The SMILES string of the molecule is CCOC(=O)C1(C(C)=O)CCCC1=O. The predicted octanol–water partition coefficient (Wildman–Crippen LogP) is 0.878. The third-order valence-corrected chi connectivity index (χ3v) is 2.66.